The molecule has 1 aromatic carbocycles. The molecule has 0 saturated carbocycles. The summed E-state index contributed by atoms with van der Waals surface area (Å²) in [6, 6.07) is 6.66. The quantitative estimate of drug-likeness (QED) is 0.834. The van der Waals surface area contributed by atoms with Gasteiger partial charge in [0.05, 0.1) is 0 Å². The van der Waals surface area contributed by atoms with Crippen LogP contribution in [-0.2, 0) is 0 Å². The standard InChI is InChI=1S/C19H30N4O3/c1-14(2)21(4)13-15(3)20-19(26)23-11-9-22(10-12-23)18(25)16-5-7-17(24)8-6-16/h5-8,14-15,24H,9-13H2,1-4H3,(H,20,26)/t15-/m0/s1. The second kappa shape index (κ2) is 8.89. The molecule has 7 heteroatoms. The first kappa shape index (κ1) is 20.0. The maximum absolute atomic E-state index is 12.5. The summed E-state index contributed by atoms with van der Waals surface area (Å²) in [6.45, 7) is 9.09. The van der Waals surface area contributed by atoms with Gasteiger partial charge in [0.2, 0.25) is 0 Å². The topological polar surface area (TPSA) is 76.1 Å². The van der Waals surface area contributed by atoms with Crippen molar-refractivity contribution in [3.05, 3.63) is 29.8 Å². The first-order valence-corrected chi connectivity index (χ1v) is 9.12. The number of likely N-dealkylation sites (N-methyl/N-ethyl adjacent to an activating group) is 1. The van der Waals surface area contributed by atoms with Gasteiger partial charge < -0.3 is 25.1 Å². The van der Waals surface area contributed by atoms with Gasteiger partial charge in [-0.2, -0.15) is 0 Å². The van der Waals surface area contributed by atoms with E-state index in [9.17, 15) is 14.7 Å². The van der Waals surface area contributed by atoms with Crippen LogP contribution in [0, 0.1) is 0 Å². The number of carbonyl (C=O) groups is 2. The van der Waals surface area contributed by atoms with Crippen LogP contribution in [0.2, 0.25) is 0 Å². The number of rotatable bonds is 5. The monoisotopic (exact) mass is 362 g/mol. The second-order valence-electron chi connectivity index (χ2n) is 7.21. The molecule has 1 fully saturated rings. The van der Waals surface area contributed by atoms with Gasteiger partial charge in [0.15, 0.2) is 0 Å². The van der Waals surface area contributed by atoms with Gasteiger partial charge in [-0.1, -0.05) is 0 Å². The van der Waals surface area contributed by atoms with Crippen molar-refractivity contribution >= 4 is 11.9 Å². The molecule has 26 heavy (non-hydrogen) atoms. The maximum Gasteiger partial charge on any atom is 0.317 e. The number of hydrogen-bond acceptors (Lipinski definition) is 4. The second-order valence-corrected chi connectivity index (χ2v) is 7.21. The number of phenolic OH excluding ortho intramolecular Hbond substituents is 1. The van der Waals surface area contributed by atoms with Gasteiger partial charge >= 0.3 is 6.03 Å². The lowest BCUT2D eigenvalue weighted by atomic mass is 10.1. The molecule has 1 saturated heterocycles. The number of benzene rings is 1. The van der Waals surface area contributed by atoms with Crippen LogP contribution in [0.1, 0.15) is 31.1 Å². The van der Waals surface area contributed by atoms with Gasteiger partial charge in [0.1, 0.15) is 5.75 Å². The number of urea groups is 1. The smallest absolute Gasteiger partial charge is 0.317 e. The number of amides is 3. The zero-order valence-electron chi connectivity index (χ0n) is 16.1. The van der Waals surface area contributed by atoms with Crippen molar-refractivity contribution < 1.29 is 14.7 Å². The number of aromatic hydroxyl groups is 1. The van der Waals surface area contributed by atoms with E-state index in [2.05, 4.69) is 24.1 Å². The molecule has 0 radical (unpaired) electrons. The van der Waals surface area contributed by atoms with Crippen LogP contribution in [0.25, 0.3) is 0 Å². The van der Waals surface area contributed by atoms with E-state index in [0.29, 0.717) is 37.8 Å². The van der Waals surface area contributed by atoms with Gasteiger partial charge in [-0.05, 0) is 52.1 Å². The number of piperazine rings is 1. The van der Waals surface area contributed by atoms with Crippen molar-refractivity contribution in [2.75, 3.05) is 39.8 Å². The fourth-order valence-electron chi connectivity index (χ4n) is 2.89. The Morgan fingerprint density at radius 3 is 2.15 bits per heavy atom. The van der Waals surface area contributed by atoms with Crippen LogP contribution in [0.5, 0.6) is 5.75 Å². The number of phenols is 1. The Balaban J connectivity index is 1.81. The molecule has 1 aromatic rings. The SMILES string of the molecule is CC(C)N(C)C[C@H](C)NC(=O)N1CCN(C(=O)c2ccc(O)cc2)CC1. The van der Waals surface area contributed by atoms with E-state index in [1.165, 1.54) is 12.1 Å². The summed E-state index contributed by atoms with van der Waals surface area (Å²) in [5.41, 5.74) is 0.547. The summed E-state index contributed by atoms with van der Waals surface area (Å²) in [4.78, 5) is 30.6. The lowest BCUT2D eigenvalue weighted by Gasteiger charge is -2.35. The van der Waals surface area contributed by atoms with E-state index in [0.717, 1.165) is 6.54 Å². The number of carbonyl (C=O) groups excluding carboxylic acids is 2. The number of nitrogens with one attached hydrogen (secondary N) is 1. The summed E-state index contributed by atoms with van der Waals surface area (Å²) in [6.07, 6.45) is 0. The highest BCUT2D eigenvalue weighted by Gasteiger charge is 2.25. The molecule has 1 atom stereocenters. The summed E-state index contributed by atoms with van der Waals surface area (Å²) in [7, 11) is 2.04. The van der Waals surface area contributed by atoms with Crippen molar-refractivity contribution in [2.45, 2.75) is 32.9 Å². The molecule has 1 aliphatic rings. The lowest BCUT2D eigenvalue weighted by Crippen LogP contribution is -2.55. The van der Waals surface area contributed by atoms with Gasteiger partial charge in [-0.15, -0.1) is 0 Å². The highest BCUT2D eigenvalue weighted by molar-refractivity contribution is 5.94. The van der Waals surface area contributed by atoms with E-state index in [1.54, 1.807) is 21.9 Å². The third-order valence-corrected chi connectivity index (χ3v) is 4.78. The van der Waals surface area contributed by atoms with E-state index in [4.69, 9.17) is 0 Å². The highest BCUT2D eigenvalue weighted by Crippen LogP contribution is 2.13. The summed E-state index contributed by atoms with van der Waals surface area (Å²) in [5.74, 6) is 0.0669. The average molecular weight is 362 g/mol. The zero-order chi connectivity index (χ0) is 19.3. The molecule has 0 spiro atoms. The zero-order valence-corrected chi connectivity index (χ0v) is 16.1. The fraction of sp³-hybridized carbons (Fsp3) is 0.579. The highest BCUT2D eigenvalue weighted by atomic mass is 16.3. The van der Waals surface area contributed by atoms with Crippen LogP contribution in [0.4, 0.5) is 4.79 Å². The Morgan fingerprint density at radius 1 is 1.08 bits per heavy atom. The number of nitrogens with zero attached hydrogens (tertiary/aromatic N) is 3. The van der Waals surface area contributed by atoms with Crippen molar-refractivity contribution in [2.24, 2.45) is 0 Å². The third-order valence-electron chi connectivity index (χ3n) is 4.78. The Morgan fingerprint density at radius 2 is 1.62 bits per heavy atom. The van der Waals surface area contributed by atoms with Crippen molar-refractivity contribution in [3.63, 3.8) is 0 Å². The van der Waals surface area contributed by atoms with Gasteiger partial charge in [-0.3, -0.25) is 4.79 Å². The molecular weight excluding hydrogens is 332 g/mol. The van der Waals surface area contributed by atoms with Gasteiger partial charge in [-0.25, -0.2) is 4.79 Å². The van der Waals surface area contributed by atoms with E-state index >= 15 is 0 Å². The van der Waals surface area contributed by atoms with Crippen LogP contribution in [-0.4, -0.2) is 83.6 Å². The largest absolute Gasteiger partial charge is 0.508 e. The van der Waals surface area contributed by atoms with Gasteiger partial charge in [0, 0.05) is 50.4 Å². The fourth-order valence-corrected chi connectivity index (χ4v) is 2.89. The average Bonchev–Trinajstić information content (AvgIpc) is 2.61. The molecule has 3 amide bonds. The van der Waals surface area contributed by atoms with Crippen LogP contribution in [0.3, 0.4) is 0 Å². The third kappa shape index (κ3) is 5.36. The molecular formula is C19H30N4O3. The van der Waals surface area contributed by atoms with Crippen molar-refractivity contribution in [1.29, 1.82) is 0 Å². The van der Waals surface area contributed by atoms with Gasteiger partial charge in [0.25, 0.3) is 5.91 Å². The van der Waals surface area contributed by atoms with E-state index < -0.39 is 0 Å². The molecule has 1 aliphatic heterocycles. The Labute approximate surface area is 155 Å². The Bertz CT molecular complexity index is 610. The Hall–Kier alpha value is -2.28. The Kier molecular flexibility index (Phi) is 6.85. The van der Waals surface area contributed by atoms with Crippen LogP contribution < -0.4 is 5.32 Å². The van der Waals surface area contributed by atoms with Crippen molar-refractivity contribution in [1.82, 2.24) is 20.0 Å². The molecule has 2 N–H and O–H groups in total. The summed E-state index contributed by atoms with van der Waals surface area (Å²) >= 11 is 0. The van der Waals surface area contributed by atoms with Crippen LogP contribution in [0.15, 0.2) is 24.3 Å². The minimum absolute atomic E-state index is 0.0616. The molecule has 1 heterocycles. The lowest BCUT2D eigenvalue weighted by molar-refractivity contribution is 0.0662. The maximum atomic E-state index is 12.5. The molecule has 7 nitrogen and oxygen atoms in total. The first-order chi connectivity index (χ1) is 12.3. The summed E-state index contributed by atoms with van der Waals surface area (Å²) in [5, 5.41) is 12.4. The predicted octanol–water partition coefficient (Wildman–Crippen LogP) is 1.59. The number of hydrogen-bond donors (Lipinski definition) is 2. The molecule has 144 valence electrons. The van der Waals surface area contributed by atoms with E-state index in [1.807, 2.05) is 14.0 Å². The van der Waals surface area contributed by atoms with E-state index in [-0.39, 0.29) is 23.7 Å². The molecule has 0 aliphatic carbocycles. The summed E-state index contributed by atoms with van der Waals surface area (Å²) < 4.78 is 0. The van der Waals surface area contributed by atoms with Crippen molar-refractivity contribution in [3.8, 4) is 5.75 Å². The molecule has 2 rings (SSSR count). The van der Waals surface area contributed by atoms with Crippen LogP contribution >= 0.6 is 0 Å². The molecule has 0 aromatic heterocycles. The minimum atomic E-state index is -0.0774. The predicted molar refractivity (Wildman–Crippen MR) is 101 cm³/mol. The normalized spacial score (nSPS) is 16.1. The molecule has 0 unspecified atom stereocenters. The first-order valence-electron chi connectivity index (χ1n) is 9.12. The molecule has 0 bridgehead atoms. The minimum Gasteiger partial charge on any atom is -0.508 e.